The molecule has 0 radical (unpaired) electrons. The fraction of sp³-hybridized carbons (Fsp3) is 0. The normalized spacial score (nSPS) is 10.3. The van der Waals surface area contributed by atoms with Crippen LogP contribution in [0.4, 0.5) is 0 Å². The first-order valence-corrected chi connectivity index (χ1v) is 6.87. The van der Waals surface area contributed by atoms with Crippen molar-refractivity contribution in [2.24, 2.45) is 0 Å². The van der Waals surface area contributed by atoms with Gasteiger partial charge < -0.3 is 5.11 Å². The third kappa shape index (κ3) is 2.93. The van der Waals surface area contributed by atoms with E-state index in [-0.39, 0.29) is 4.88 Å². The molecule has 0 aliphatic heterocycles. The van der Waals surface area contributed by atoms with Gasteiger partial charge in [0, 0.05) is 15.5 Å². The molecular weight excluding hydrogens is 292 g/mol. The first kappa shape index (κ1) is 13.1. The minimum absolute atomic E-state index is 0.161. The molecule has 0 fully saturated rings. The highest BCUT2D eigenvalue weighted by Crippen LogP contribution is 2.36. The summed E-state index contributed by atoms with van der Waals surface area (Å²) < 4.78 is 0.671. The second-order valence-electron chi connectivity index (χ2n) is 3.33. The van der Waals surface area contributed by atoms with Gasteiger partial charge in [-0.1, -0.05) is 23.4 Å². The lowest BCUT2D eigenvalue weighted by Gasteiger charge is -1.99. The SMILES string of the molecule is O=Cc1cc(C(=O)O)sc1Sc1ccc(Cl)cc1. The average Bonchev–Trinajstić information content (AvgIpc) is 2.75. The van der Waals surface area contributed by atoms with E-state index < -0.39 is 5.97 Å². The monoisotopic (exact) mass is 298 g/mol. The Morgan fingerprint density at radius 1 is 1.33 bits per heavy atom. The number of thiophene rings is 1. The standard InChI is InChI=1S/C12H7ClO3S2/c13-8-1-3-9(4-2-8)17-12-7(6-14)5-10(18-12)11(15)16/h1-6H,(H,15,16). The van der Waals surface area contributed by atoms with Crippen LogP contribution in [0.15, 0.2) is 39.4 Å². The Morgan fingerprint density at radius 3 is 2.56 bits per heavy atom. The van der Waals surface area contributed by atoms with Crippen LogP contribution >= 0.6 is 34.7 Å². The summed E-state index contributed by atoms with van der Waals surface area (Å²) in [7, 11) is 0. The molecule has 0 atom stereocenters. The fourth-order valence-corrected chi connectivity index (χ4v) is 3.53. The summed E-state index contributed by atoms with van der Waals surface area (Å²) in [4.78, 5) is 22.8. The summed E-state index contributed by atoms with van der Waals surface area (Å²) in [5.41, 5.74) is 0.400. The number of benzene rings is 1. The highest BCUT2D eigenvalue weighted by Gasteiger charge is 2.14. The van der Waals surface area contributed by atoms with Crippen LogP contribution in [0.25, 0.3) is 0 Å². The summed E-state index contributed by atoms with van der Waals surface area (Å²) in [6.07, 6.45) is 0.668. The molecular formula is C12H7ClO3S2. The van der Waals surface area contributed by atoms with E-state index in [0.717, 1.165) is 16.2 Å². The van der Waals surface area contributed by atoms with Crippen molar-refractivity contribution in [3.05, 3.63) is 45.8 Å². The lowest BCUT2D eigenvalue weighted by molar-refractivity contribution is 0.0702. The Bertz CT molecular complexity index is 590. The van der Waals surface area contributed by atoms with Crippen molar-refractivity contribution < 1.29 is 14.7 Å². The summed E-state index contributed by atoms with van der Waals surface area (Å²) in [5.74, 6) is -1.02. The van der Waals surface area contributed by atoms with Crippen LogP contribution in [0.5, 0.6) is 0 Å². The Hall–Kier alpha value is -1.30. The molecule has 6 heteroatoms. The Kier molecular flexibility index (Phi) is 4.06. The molecule has 0 spiro atoms. The Morgan fingerprint density at radius 2 is 2.00 bits per heavy atom. The molecule has 92 valence electrons. The van der Waals surface area contributed by atoms with Gasteiger partial charge in [-0.25, -0.2) is 4.79 Å². The zero-order valence-electron chi connectivity index (χ0n) is 8.92. The highest BCUT2D eigenvalue weighted by molar-refractivity contribution is 8.01. The zero-order chi connectivity index (χ0) is 13.1. The Labute approximate surface area is 116 Å². The molecule has 1 aromatic heterocycles. The van der Waals surface area contributed by atoms with Crippen molar-refractivity contribution in [3.63, 3.8) is 0 Å². The summed E-state index contributed by atoms with van der Waals surface area (Å²) >= 11 is 8.22. The molecule has 1 aromatic carbocycles. The number of aldehydes is 1. The van der Waals surface area contributed by atoms with E-state index in [4.69, 9.17) is 16.7 Å². The summed E-state index contributed by atoms with van der Waals surface area (Å²) in [6, 6.07) is 8.52. The maximum Gasteiger partial charge on any atom is 0.345 e. The average molecular weight is 299 g/mol. The number of hydrogen-bond donors (Lipinski definition) is 1. The number of carboxylic acids is 1. The van der Waals surface area contributed by atoms with Gasteiger partial charge in [0.25, 0.3) is 0 Å². The smallest absolute Gasteiger partial charge is 0.345 e. The Balaban J connectivity index is 2.30. The zero-order valence-corrected chi connectivity index (χ0v) is 11.3. The van der Waals surface area contributed by atoms with E-state index in [1.165, 1.54) is 17.8 Å². The van der Waals surface area contributed by atoms with E-state index in [1.54, 1.807) is 12.1 Å². The largest absolute Gasteiger partial charge is 0.477 e. The summed E-state index contributed by atoms with van der Waals surface area (Å²) in [6.45, 7) is 0. The second-order valence-corrected chi connectivity index (χ2v) is 6.16. The van der Waals surface area contributed by atoms with Gasteiger partial charge in [0.1, 0.15) is 4.88 Å². The van der Waals surface area contributed by atoms with Crippen molar-refractivity contribution in [1.29, 1.82) is 0 Å². The topological polar surface area (TPSA) is 54.4 Å². The minimum Gasteiger partial charge on any atom is -0.477 e. The lowest BCUT2D eigenvalue weighted by atomic mass is 10.3. The molecule has 18 heavy (non-hydrogen) atoms. The minimum atomic E-state index is -1.02. The van der Waals surface area contributed by atoms with Gasteiger partial charge in [0.2, 0.25) is 0 Å². The number of hydrogen-bond acceptors (Lipinski definition) is 4. The van der Waals surface area contributed by atoms with Crippen LogP contribution in [0.2, 0.25) is 5.02 Å². The second kappa shape index (κ2) is 5.56. The van der Waals surface area contributed by atoms with E-state index >= 15 is 0 Å². The number of carbonyl (C=O) groups is 2. The van der Waals surface area contributed by atoms with Crippen LogP contribution in [0, 0.1) is 0 Å². The van der Waals surface area contributed by atoms with Crippen molar-refractivity contribution in [2.45, 2.75) is 9.10 Å². The van der Waals surface area contributed by atoms with Crippen molar-refractivity contribution >= 4 is 47.0 Å². The molecule has 2 rings (SSSR count). The molecule has 0 bridgehead atoms. The maximum atomic E-state index is 10.9. The molecule has 0 saturated heterocycles. The molecule has 0 amide bonds. The molecule has 3 nitrogen and oxygen atoms in total. The number of halogens is 1. The fourth-order valence-electron chi connectivity index (χ4n) is 1.27. The van der Waals surface area contributed by atoms with Gasteiger partial charge in [-0.3, -0.25) is 4.79 Å². The van der Waals surface area contributed by atoms with E-state index in [0.29, 0.717) is 21.1 Å². The number of carbonyl (C=O) groups excluding carboxylic acids is 1. The maximum absolute atomic E-state index is 10.9. The van der Waals surface area contributed by atoms with Gasteiger partial charge in [0.15, 0.2) is 6.29 Å². The molecule has 2 aromatic rings. The third-order valence-corrected chi connectivity index (χ3v) is 4.70. The molecule has 0 aliphatic rings. The van der Waals surface area contributed by atoms with Crippen molar-refractivity contribution in [2.75, 3.05) is 0 Å². The van der Waals surface area contributed by atoms with Crippen molar-refractivity contribution in [1.82, 2.24) is 0 Å². The van der Waals surface area contributed by atoms with Crippen LogP contribution in [0.3, 0.4) is 0 Å². The first-order valence-electron chi connectivity index (χ1n) is 4.86. The predicted molar refractivity (Wildman–Crippen MR) is 72.2 cm³/mol. The molecule has 0 unspecified atom stereocenters. The van der Waals surface area contributed by atoms with Crippen molar-refractivity contribution in [3.8, 4) is 0 Å². The number of carboxylic acid groups (broad SMARTS) is 1. The first-order chi connectivity index (χ1) is 8.60. The van der Waals surface area contributed by atoms with Gasteiger partial charge in [0.05, 0.1) is 4.21 Å². The van der Waals surface area contributed by atoms with Gasteiger partial charge in [-0.05, 0) is 30.3 Å². The van der Waals surface area contributed by atoms with Crippen LogP contribution < -0.4 is 0 Å². The van der Waals surface area contributed by atoms with E-state index in [2.05, 4.69) is 0 Å². The van der Waals surface area contributed by atoms with E-state index in [9.17, 15) is 9.59 Å². The highest BCUT2D eigenvalue weighted by atomic mass is 35.5. The molecule has 0 aliphatic carbocycles. The van der Waals surface area contributed by atoms with Gasteiger partial charge >= 0.3 is 5.97 Å². The third-order valence-electron chi connectivity index (χ3n) is 2.09. The molecule has 1 heterocycles. The molecule has 0 saturated carbocycles. The summed E-state index contributed by atoms with van der Waals surface area (Å²) in [5, 5.41) is 9.52. The quantitative estimate of drug-likeness (QED) is 0.865. The van der Waals surface area contributed by atoms with E-state index in [1.807, 2.05) is 12.1 Å². The van der Waals surface area contributed by atoms with Crippen LogP contribution in [-0.2, 0) is 0 Å². The van der Waals surface area contributed by atoms with Crippen LogP contribution in [-0.4, -0.2) is 17.4 Å². The lowest BCUT2D eigenvalue weighted by Crippen LogP contribution is -1.90. The predicted octanol–water partition coefficient (Wildman–Crippen LogP) is 4.06. The van der Waals surface area contributed by atoms with Gasteiger partial charge in [-0.15, -0.1) is 11.3 Å². The van der Waals surface area contributed by atoms with Crippen LogP contribution in [0.1, 0.15) is 20.0 Å². The van der Waals surface area contributed by atoms with Gasteiger partial charge in [-0.2, -0.15) is 0 Å². The molecule has 1 N–H and O–H groups in total. The number of aromatic carboxylic acids is 1. The number of rotatable bonds is 4.